The Labute approximate surface area is 89.0 Å². The van der Waals surface area contributed by atoms with E-state index in [0.29, 0.717) is 5.56 Å². The maximum atomic E-state index is 10.6. The molecule has 0 heterocycles. The van der Waals surface area contributed by atoms with Crippen LogP contribution in [0.25, 0.3) is 6.08 Å². The SMILES string of the molecule is Cc1cc(/C=C/N(C)C)ccc1[N+](=O)[O-]. The summed E-state index contributed by atoms with van der Waals surface area (Å²) in [4.78, 5) is 12.1. The Balaban J connectivity index is 2.97. The van der Waals surface area contributed by atoms with Gasteiger partial charge in [-0.05, 0) is 36.9 Å². The van der Waals surface area contributed by atoms with E-state index >= 15 is 0 Å². The maximum absolute atomic E-state index is 10.6. The van der Waals surface area contributed by atoms with Crippen LogP contribution in [0.2, 0.25) is 0 Å². The van der Waals surface area contributed by atoms with Gasteiger partial charge in [-0.2, -0.15) is 0 Å². The molecule has 4 nitrogen and oxygen atoms in total. The van der Waals surface area contributed by atoms with Gasteiger partial charge in [-0.3, -0.25) is 10.1 Å². The van der Waals surface area contributed by atoms with Gasteiger partial charge in [0, 0.05) is 25.7 Å². The van der Waals surface area contributed by atoms with E-state index in [1.165, 1.54) is 6.07 Å². The molecule has 0 unspecified atom stereocenters. The Morgan fingerprint density at radius 1 is 1.40 bits per heavy atom. The number of hydrogen-bond acceptors (Lipinski definition) is 3. The number of nitro groups is 1. The lowest BCUT2D eigenvalue weighted by atomic mass is 10.1. The third kappa shape index (κ3) is 3.09. The number of nitro benzene ring substituents is 1. The molecule has 0 aliphatic rings. The summed E-state index contributed by atoms with van der Waals surface area (Å²) >= 11 is 0. The molecule has 80 valence electrons. The second-order valence-corrected chi connectivity index (χ2v) is 3.58. The van der Waals surface area contributed by atoms with Crippen molar-refractivity contribution in [1.29, 1.82) is 0 Å². The van der Waals surface area contributed by atoms with Gasteiger partial charge in [-0.1, -0.05) is 0 Å². The molecule has 0 amide bonds. The summed E-state index contributed by atoms with van der Waals surface area (Å²) in [6.07, 6.45) is 3.82. The van der Waals surface area contributed by atoms with E-state index in [1.54, 1.807) is 19.1 Å². The van der Waals surface area contributed by atoms with Crippen molar-refractivity contribution in [2.75, 3.05) is 14.1 Å². The number of nitrogens with zero attached hydrogens (tertiary/aromatic N) is 2. The molecule has 0 aliphatic heterocycles. The van der Waals surface area contributed by atoms with Gasteiger partial charge in [0.15, 0.2) is 0 Å². The van der Waals surface area contributed by atoms with Gasteiger partial charge in [0.1, 0.15) is 0 Å². The Morgan fingerprint density at radius 2 is 2.07 bits per heavy atom. The molecule has 0 aromatic heterocycles. The van der Waals surface area contributed by atoms with Crippen molar-refractivity contribution in [1.82, 2.24) is 4.90 Å². The molecule has 1 aromatic rings. The third-order valence-corrected chi connectivity index (χ3v) is 1.98. The average Bonchev–Trinajstić information content (AvgIpc) is 2.14. The zero-order valence-corrected chi connectivity index (χ0v) is 9.10. The lowest BCUT2D eigenvalue weighted by molar-refractivity contribution is -0.385. The van der Waals surface area contributed by atoms with Crippen LogP contribution in [0.1, 0.15) is 11.1 Å². The first kappa shape index (κ1) is 11.2. The molecule has 0 saturated carbocycles. The highest BCUT2D eigenvalue weighted by Gasteiger charge is 2.08. The van der Waals surface area contributed by atoms with E-state index in [9.17, 15) is 10.1 Å². The Morgan fingerprint density at radius 3 is 2.53 bits per heavy atom. The fourth-order valence-corrected chi connectivity index (χ4v) is 1.22. The molecular weight excluding hydrogens is 192 g/mol. The van der Waals surface area contributed by atoms with Gasteiger partial charge in [0.25, 0.3) is 5.69 Å². The monoisotopic (exact) mass is 206 g/mol. The van der Waals surface area contributed by atoms with Crippen LogP contribution in [0.3, 0.4) is 0 Å². The van der Waals surface area contributed by atoms with Crippen LogP contribution in [0.15, 0.2) is 24.4 Å². The van der Waals surface area contributed by atoms with Crippen LogP contribution < -0.4 is 0 Å². The minimum absolute atomic E-state index is 0.164. The molecule has 1 aromatic carbocycles. The summed E-state index contributed by atoms with van der Waals surface area (Å²) < 4.78 is 0. The normalized spacial score (nSPS) is 10.6. The van der Waals surface area contributed by atoms with E-state index in [0.717, 1.165) is 5.56 Å². The van der Waals surface area contributed by atoms with Crippen LogP contribution in [0.5, 0.6) is 0 Å². The second kappa shape index (κ2) is 4.59. The summed E-state index contributed by atoms with van der Waals surface area (Å²) in [5.41, 5.74) is 1.81. The van der Waals surface area contributed by atoms with Gasteiger partial charge >= 0.3 is 0 Å². The molecule has 1 rings (SSSR count). The summed E-state index contributed by atoms with van der Waals surface area (Å²) in [5.74, 6) is 0. The van der Waals surface area contributed by atoms with Gasteiger partial charge < -0.3 is 4.90 Å². The van der Waals surface area contributed by atoms with Gasteiger partial charge in [-0.25, -0.2) is 0 Å². The summed E-state index contributed by atoms with van der Waals surface area (Å²) in [6, 6.07) is 5.08. The lowest BCUT2D eigenvalue weighted by Crippen LogP contribution is -1.99. The smallest absolute Gasteiger partial charge is 0.272 e. The number of hydrogen-bond donors (Lipinski definition) is 0. The largest absolute Gasteiger partial charge is 0.383 e. The molecule has 0 radical (unpaired) electrons. The molecule has 0 fully saturated rings. The summed E-state index contributed by atoms with van der Waals surface area (Å²) in [6.45, 7) is 1.74. The van der Waals surface area contributed by atoms with E-state index in [2.05, 4.69) is 0 Å². The summed E-state index contributed by atoms with van der Waals surface area (Å²) in [7, 11) is 3.85. The second-order valence-electron chi connectivity index (χ2n) is 3.58. The van der Waals surface area contributed by atoms with Crippen molar-refractivity contribution < 1.29 is 4.92 Å². The Bertz CT molecular complexity index is 398. The molecule has 15 heavy (non-hydrogen) atoms. The Hall–Kier alpha value is -1.84. The zero-order chi connectivity index (χ0) is 11.4. The van der Waals surface area contributed by atoms with Crippen molar-refractivity contribution in [2.45, 2.75) is 6.92 Å². The lowest BCUT2D eigenvalue weighted by Gasteiger charge is -2.03. The number of aryl methyl sites for hydroxylation is 1. The van der Waals surface area contributed by atoms with Gasteiger partial charge in [-0.15, -0.1) is 0 Å². The molecule has 0 bridgehead atoms. The van der Waals surface area contributed by atoms with Crippen LogP contribution in [0.4, 0.5) is 5.69 Å². The highest BCUT2D eigenvalue weighted by molar-refractivity contribution is 5.54. The first-order valence-electron chi connectivity index (χ1n) is 4.60. The van der Waals surface area contributed by atoms with Crippen LogP contribution in [0, 0.1) is 17.0 Å². The van der Waals surface area contributed by atoms with Gasteiger partial charge in [0.2, 0.25) is 0 Å². The molecule has 0 spiro atoms. The first-order chi connectivity index (χ1) is 7.00. The number of rotatable bonds is 3. The molecule has 0 saturated heterocycles. The van der Waals surface area contributed by atoms with Crippen molar-refractivity contribution in [3.8, 4) is 0 Å². The molecule has 4 heteroatoms. The third-order valence-electron chi connectivity index (χ3n) is 1.98. The van der Waals surface area contributed by atoms with E-state index < -0.39 is 0 Å². The Kier molecular flexibility index (Phi) is 3.44. The predicted molar refractivity (Wildman–Crippen MR) is 60.6 cm³/mol. The molecule has 0 atom stereocenters. The van der Waals surface area contributed by atoms with E-state index in [4.69, 9.17) is 0 Å². The maximum Gasteiger partial charge on any atom is 0.272 e. The van der Waals surface area contributed by atoms with Crippen molar-refractivity contribution >= 4 is 11.8 Å². The zero-order valence-electron chi connectivity index (χ0n) is 9.10. The topological polar surface area (TPSA) is 46.4 Å². The van der Waals surface area contributed by atoms with Crippen molar-refractivity contribution in [3.63, 3.8) is 0 Å². The highest BCUT2D eigenvalue weighted by Crippen LogP contribution is 2.19. The number of benzene rings is 1. The van der Waals surface area contributed by atoms with Crippen molar-refractivity contribution in [2.24, 2.45) is 0 Å². The van der Waals surface area contributed by atoms with E-state index in [-0.39, 0.29) is 10.6 Å². The standard InChI is InChI=1S/C11H14N2O2/c1-9-8-10(6-7-12(2)3)4-5-11(9)13(14)15/h4-8H,1-3H3/b7-6+. The van der Waals surface area contributed by atoms with E-state index in [1.807, 2.05) is 31.3 Å². The minimum Gasteiger partial charge on any atom is -0.383 e. The van der Waals surface area contributed by atoms with Crippen LogP contribution >= 0.6 is 0 Å². The molecule has 0 N–H and O–H groups in total. The highest BCUT2D eigenvalue weighted by atomic mass is 16.6. The fourth-order valence-electron chi connectivity index (χ4n) is 1.22. The van der Waals surface area contributed by atoms with Crippen LogP contribution in [-0.4, -0.2) is 23.9 Å². The molecular formula is C11H14N2O2. The summed E-state index contributed by atoms with van der Waals surface area (Å²) in [5, 5.41) is 10.6. The minimum atomic E-state index is -0.366. The fraction of sp³-hybridized carbons (Fsp3) is 0.273. The predicted octanol–water partition coefficient (Wildman–Crippen LogP) is 2.44. The quantitative estimate of drug-likeness (QED) is 0.563. The van der Waals surface area contributed by atoms with Crippen molar-refractivity contribution in [3.05, 3.63) is 45.6 Å². The first-order valence-corrected chi connectivity index (χ1v) is 4.60. The molecule has 0 aliphatic carbocycles. The average molecular weight is 206 g/mol. The van der Waals surface area contributed by atoms with Crippen LogP contribution in [-0.2, 0) is 0 Å². The van der Waals surface area contributed by atoms with Gasteiger partial charge in [0.05, 0.1) is 4.92 Å².